The molecule has 22 heavy (non-hydrogen) atoms. The number of nitrogens with two attached hydrogens (primary N) is 2. The highest BCUT2D eigenvalue weighted by Crippen LogP contribution is 2.05. The number of pyridine rings is 2. The molecule has 1 aromatic carbocycles. The molecule has 4 nitrogen and oxygen atoms in total. The van der Waals surface area contributed by atoms with Crippen molar-refractivity contribution in [2.75, 3.05) is 11.5 Å². The van der Waals surface area contributed by atoms with E-state index in [-0.39, 0.29) is 0 Å². The van der Waals surface area contributed by atoms with Crippen LogP contribution in [0.4, 0.5) is 11.4 Å². The van der Waals surface area contributed by atoms with Gasteiger partial charge in [-0.15, -0.1) is 0 Å². The van der Waals surface area contributed by atoms with Crippen molar-refractivity contribution in [1.29, 1.82) is 0 Å². The molecular formula is C18H20N4+2. The quantitative estimate of drug-likeness (QED) is 0.716. The van der Waals surface area contributed by atoms with Crippen LogP contribution in [-0.2, 0) is 13.1 Å². The van der Waals surface area contributed by atoms with E-state index in [4.69, 9.17) is 11.5 Å². The van der Waals surface area contributed by atoms with Gasteiger partial charge in [0.25, 0.3) is 0 Å². The Kier molecular flexibility index (Phi) is 4.01. The number of hydrogen-bond acceptors (Lipinski definition) is 2. The summed E-state index contributed by atoms with van der Waals surface area (Å²) in [5.41, 5.74) is 15.5. The van der Waals surface area contributed by atoms with Crippen molar-refractivity contribution in [3.8, 4) is 0 Å². The average molecular weight is 292 g/mol. The van der Waals surface area contributed by atoms with Gasteiger partial charge in [-0.05, 0) is 0 Å². The molecule has 2 aromatic heterocycles. The normalized spacial score (nSPS) is 10.5. The monoisotopic (exact) mass is 292 g/mol. The summed E-state index contributed by atoms with van der Waals surface area (Å²) >= 11 is 0. The summed E-state index contributed by atoms with van der Waals surface area (Å²) in [6, 6.07) is 16.3. The lowest BCUT2D eigenvalue weighted by Crippen LogP contribution is -2.34. The summed E-state index contributed by atoms with van der Waals surface area (Å²) in [4.78, 5) is 0. The molecule has 0 fully saturated rings. The van der Waals surface area contributed by atoms with Crippen LogP contribution in [-0.4, -0.2) is 0 Å². The fourth-order valence-electron chi connectivity index (χ4n) is 2.32. The van der Waals surface area contributed by atoms with E-state index < -0.39 is 0 Å². The van der Waals surface area contributed by atoms with Crippen LogP contribution < -0.4 is 20.6 Å². The molecule has 4 heteroatoms. The number of benzene rings is 1. The highest BCUT2D eigenvalue weighted by molar-refractivity contribution is 5.33. The Hall–Kier alpha value is -2.88. The lowest BCUT2D eigenvalue weighted by molar-refractivity contribution is -0.688. The van der Waals surface area contributed by atoms with Gasteiger partial charge in [0, 0.05) is 46.8 Å². The van der Waals surface area contributed by atoms with E-state index >= 15 is 0 Å². The second kappa shape index (κ2) is 6.26. The molecule has 0 atom stereocenters. The molecule has 0 aliphatic heterocycles. The summed E-state index contributed by atoms with van der Waals surface area (Å²) in [6.07, 6.45) is 7.97. The number of aromatic nitrogens is 2. The molecule has 0 saturated carbocycles. The van der Waals surface area contributed by atoms with Gasteiger partial charge in [-0.2, -0.15) is 0 Å². The largest absolute Gasteiger partial charge is 0.398 e. The molecule has 0 spiro atoms. The van der Waals surface area contributed by atoms with Crippen molar-refractivity contribution in [3.05, 3.63) is 84.4 Å². The molecule has 3 aromatic rings. The van der Waals surface area contributed by atoms with Crippen molar-refractivity contribution < 1.29 is 9.13 Å². The second-order valence-corrected chi connectivity index (χ2v) is 5.42. The van der Waals surface area contributed by atoms with Crippen LogP contribution >= 0.6 is 0 Å². The maximum absolute atomic E-state index is 5.70. The topological polar surface area (TPSA) is 59.8 Å². The Bertz CT molecular complexity index is 665. The average Bonchev–Trinajstić information content (AvgIpc) is 2.54. The standard InChI is InChI=1S/C18H18N4/c19-17-5-9-21(10-6-17)13-15-1-2-16(4-3-15)14-22-11-7-18(20)8-12-22/h1-12,19-20H,13-14H2/p+2. The van der Waals surface area contributed by atoms with E-state index in [9.17, 15) is 0 Å². The molecule has 2 heterocycles. The third kappa shape index (κ3) is 3.61. The lowest BCUT2D eigenvalue weighted by atomic mass is 10.1. The molecule has 0 aliphatic carbocycles. The number of nitrogen functional groups attached to an aromatic ring is 2. The summed E-state index contributed by atoms with van der Waals surface area (Å²) in [6.45, 7) is 1.69. The van der Waals surface area contributed by atoms with Crippen molar-refractivity contribution in [2.45, 2.75) is 13.1 Å². The Labute approximate surface area is 130 Å². The zero-order valence-electron chi connectivity index (χ0n) is 12.4. The maximum atomic E-state index is 5.70. The van der Waals surface area contributed by atoms with Gasteiger partial charge in [-0.1, -0.05) is 24.3 Å². The summed E-state index contributed by atoms with van der Waals surface area (Å²) in [5, 5.41) is 0. The highest BCUT2D eigenvalue weighted by atomic mass is 14.9. The minimum absolute atomic E-state index is 0.784. The minimum Gasteiger partial charge on any atom is -0.398 e. The van der Waals surface area contributed by atoms with E-state index in [0.29, 0.717) is 0 Å². The lowest BCUT2D eigenvalue weighted by Gasteiger charge is -2.01. The van der Waals surface area contributed by atoms with Gasteiger partial charge in [0.15, 0.2) is 37.9 Å². The fourth-order valence-corrected chi connectivity index (χ4v) is 2.32. The number of rotatable bonds is 4. The Morgan fingerprint density at radius 2 is 0.864 bits per heavy atom. The minimum atomic E-state index is 0.784. The molecule has 0 radical (unpaired) electrons. The summed E-state index contributed by atoms with van der Waals surface area (Å²) in [7, 11) is 0. The van der Waals surface area contributed by atoms with Gasteiger partial charge in [0.2, 0.25) is 0 Å². The molecule has 0 saturated heterocycles. The Morgan fingerprint density at radius 1 is 0.545 bits per heavy atom. The first kappa shape index (κ1) is 14.1. The third-order valence-corrected chi connectivity index (χ3v) is 3.59. The van der Waals surface area contributed by atoms with Gasteiger partial charge in [0.05, 0.1) is 0 Å². The van der Waals surface area contributed by atoms with Crippen LogP contribution in [0, 0.1) is 0 Å². The van der Waals surface area contributed by atoms with Gasteiger partial charge in [0.1, 0.15) is 0 Å². The molecule has 0 amide bonds. The second-order valence-electron chi connectivity index (χ2n) is 5.42. The molecule has 0 bridgehead atoms. The number of nitrogens with zero attached hydrogens (tertiary/aromatic N) is 2. The van der Waals surface area contributed by atoms with Crippen LogP contribution in [0.25, 0.3) is 0 Å². The Morgan fingerprint density at radius 3 is 1.18 bits per heavy atom. The van der Waals surface area contributed by atoms with E-state index in [1.807, 2.05) is 49.1 Å². The molecule has 4 N–H and O–H groups in total. The fraction of sp³-hybridized carbons (Fsp3) is 0.111. The van der Waals surface area contributed by atoms with Crippen molar-refractivity contribution >= 4 is 11.4 Å². The number of hydrogen-bond donors (Lipinski definition) is 2. The molecular weight excluding hydrogens is 272 g/mol. The van der Waals surface area contributed by atoms with E-state index in [1.165, 1.54) is 11.1 Å². The van der Waals surface area contributed by atoms with E-state index in [1.54, 1.807) is 0 Å². The first-order valence-corrected chi connectivity index (χ1v) is 7.26. The van der Waals surface area contributed by atoms with E-state index in [0.717, 1.165) is 24.5 Å². The van der Waals surface area contributed by atoms with Crippen LogP contribution in [0.1, 0.15) is 11.1 Å². The maximum Gasteiger partial charge on any atom is 0.173 e. The zero-order valence-corrected chi connectivity index (χ0v) is 12.4. The molecule has 0 unspecified atom stereocenters. The predicted octanol–water partition coefficient (Wildman–Crippen LogP) is 1.52. The molecule has 3 rings (SSSR count). The van der Waals surface area contributed by atoms with E-state index in [2.05, 4.69) is 33.4 Å². The first-order valence-electron chi connectivity index (χ1n) is 7.26. The molecule has 110 valence electrons. The SMILES string of the molecule is Nc1cc[n+](Cc2ccc(C[n+]3ccc(N)cc3)cc2)cc1. The Balaban J connectivity index is 1.67. The summed E-state index contributed by atoms with van der Waals surface area (Å²) in [5.74, 6) is 0. The van der Waals surface area contributed by atoms with Crippen LogP contribution in [0.15, 0.2) is 73.3 Å². The zero-order chi connectivity index (χ0) is 15.4. The smallest absolute Gasteiger partial charge is 0.173 e. The number of anilines is 2. The van der Waals surface area contributed by atoms with Crippen molar-refractivity contribution in [3.63, 3.8) is 0 Å². The van der Waals surface area contributed by atoms with Crippen LogP contribution in [0.2, 0.25) is 0 Å². The van der Waals surface area contributed by atoms with Crippen LogP contribution in [0.3, 0.4) is 0 Å². The van der Waals surface area contributed by atoms with Gasteiger partial charge in [-0.3, -0.25) is 0 Å². The first-order chi connectivity index (χ1) is 10.7. The van der Waals surface area contributed by atoms with Gasteiger partial charge >= 0.3 is 0 Å². The van der Waals surface area contributed by atoms with Gasteiger partial charge < -0.3 is 11.5 Å². The predicted molar refractivity (Wildman–Crippen MR) is 86.7 cm³/mol. The van der Waals surface area contributed by atoms with Crippen molar-refractivity contribution in [1.82, 2.24) is 0 Å². The molecule has 0 aliphatic rings. The van der Waals surface area contributed by atoms with Gasteiger partial charge in [-0.25, -0.2) is 9.13 Å². The van der Waals surface area contributed by atoms with Crippen LogP contribution in [0.5, 0.6) is 0 Å². The van der Waals surface area contributed by atoms with Crippen molar-refractivity contribution in [2.24, 2.45) is 0 Å². The highest BCUT2D eigenvalue weighted by Gasteiger charge is 2.05. The third-order valence-electron chi connectivity index (χ3n) is 3.59. The summed E-state index contributed by atoms with van der Waals surface area (Å²) < 4.78 is 4.22.